The van der Waals surface area contributed by atoms with E-state index < -0.39 is 0 Å². The van der Waals surface area contributed by atoms with Gasteiger partial charge in [-0.3, -0.25) is 4.79 Å². The summed E-state index contributed by atoms with van der Waals surface area (Å²) in [5.74, 6) is 0.316. The van der Waals surface area contributed by atoms with E-state index in [-0.39, 0.29) is 11.9 Å². The van der Waals surface area contributed by atoms with Crippen molar-refractivity contribution in [1.82, 2.24) is 14.9 Å². The van der Waals surface area contributed by atoms with E-state index in [1.807, 2.05) is 4.57 Å². The van der Waals surface area contributed by atoms with Gasteiger partial charge in [-0.1, -0.05) is 20.8 Å². The number of hydrogen-bond donors (Lipinski definition) is 2. The van der Waals surface area contributed by atoms with Crippen LogP contribution in [0, 0.1) is 5.92 Å². The van der Waals surface area contributed by atoms with Gasteiger partial charge < -0.3 is 15.6 Å². The molecule has 17 heavy (non-hydrogen) atoms. The molecule has 5 nitrogen and oxygen atoms in total. The monoisotopic (exact) mass is 238 g/mol. The highest BCUT2D eigenvalue weighted by atomic mass is 16.2. The molecule has 1 unspecified atom stereocenters. The van der Waals surface area contributed by atoms with Crippen LogP contribution < -0.4 is 11.1 Å². The normalized spacial score (nSPS) is 12.8. The molecule has 0 spiro atoms. The highest BCUT2D eigenvalue weighted by Crippen LogP contribution is 2.06. The molecule has 0 radical (unpaired) electrons. The number of nitrogens with one attached hydrogen (secondary N) is 1. The van der Waals surface area contributed by atoms with Gasteiger partial charge in [0.05, 0.1) is 6.33 Å². The number of aromatic nitrogens is 2. The minimum Gasteiger partial charge on any atom is -0.348 e. The van der Waals surface area contributed by atoms with Gasteiger partial charge in [0, 0.05) is 25.3 Å². The minimum absolute atomic E-state index is 0.110. The molecule has 1 atom stereocenters. The third-order valence-electron chi connectivity index (χ3n) is 2.81. The summed E-state index contributed by atoms with van der Waals surface area (Å²) in [6, 6.07) is 0.196. The second-order valence-electron chi connectivity index (χ2n) is 4.52. The Bertz CT molecular complexity index is 359. The molecule has 1 heterocycles. The van der Waals surface area contributed by atoms with Crippen molar-refractivity contribution in [2.75, 3.05) is 6.54 Å². The van der Waals surface area contributed by atoms with Crippen LogP contribution in [0.1, 0.15) is 37.7 Å². The number of amides is 1. The van der Waals surface area contributed by atoms with Crippen LogP contribution in [-0.4, -0.2) is 28.0 Å². The Morgan fingerprint density at radius 1 is 1.59 bits per heavy atom. The molecular formula is C12H22N4O. The van der Waals surface area contributed by atoms with E-state index in [4.69, 9.17) is 5.73 Å². The lowest BCUT2D eigenvalue weighted by atomic mass is 10.0. The summed E-state index contributed by atoms with van der Waals surface area (Å²) >= 11 is 0. The van der Waals surface area contributed by atoms with Crippen LogP contribution in [0.2, 0.25) is 0 Å². The molecule has 0 saturated carbocycles. The lowest BCUT2D eigenvalue weighted by Gasteiger charge is -2.19. The molecule has 96 valence electrons. The Hall–Kier alpha value is -1.36. The Morgan fingerprint density at radius 2 is 2.29 bits per heavy atom. The Balaban J connectivity index is 2.62. The lowest BCUT2D eigenvalue weighted by molar-refractivity contribution is 0.0920. The summed E-state index contributed by atoms with van der Waals surface area (Å²) in [7, 11) is 0. The molecule has 1 amide bonds. The van der Waals surface area contributed by atoms with Gasteiger partial charge >= 0.3 is 0 Å². The molecule has 1 aromatic heterocycles. The summed E-state index contributed by atoms with van der Waals surface area (Å²) in [6.45, 7) is 7.49. The first-order chi connectivity index (χ1) is 8.08. The van der Waals surface area contributed by atoms with Crippen LogP contribution >= 0.6 is 0 Å². The second-order valence-corrected chi connectivity index (χ2v) is 4.52. The van der Waals surface area contributed by atoms with Gasteiger partial charge in [-0.2, -0.15) is 0 Å². The van der Waals surface area contributed by atoms with E-state index in [9.17, 15) is 4.79 Å². The van der Waals surface area contributed by atoms with Crippen LogP contribution in [0.15, 0.2) is 12.5 Å². The van der Waals surface area contributed by atoms with Crippen molar-refractivity contribution in [3.05, 3.63) is 18.2 Å². The summed E-state index contributed by atoms with van der Waals surface area (Å²) < 4.78 is 1.82. The molecule has 1 rings (SSSR count). The summed E-state index contributed by atoms with van der Waals surface area (Å²) in [6.07, 6.45) is 4.29. The Kier molecular flexibility index (Phi) is 5.15. The third kappa shape index (κ3) is 3.85. The van der Waals surface area contributed by atoms with Gasteiger partial charge in [0.25, 0.3) is 5.91 Å². The maximum atomic E-state index is 11.9. The van der Waals surface area contributed by atoms with Gasteiger partial charge in [0.15, 0.2) is 0 Å². The molecule has 0 aromatic carbocycles. The maximum absolute atomic E-state index is 11.9. The lowest BCUT2D eigenvalue weighted by Crippen LogP contribution is -2.38. The Morgan fingerprint density at radius 3 is 2.82 bits per heavy atom. The fourth-order valence-electron chi connectivity index (χ4n) is 1.73. The highest BCUT2D eigenvalue weighted by molar-refractivity contribution is 5.92. The molecular weight excluding hydrogens is 216 g/mol. The standard InChI is InChI=1S/C12H22N4O/c1-4-10(9(2)3)15-12(17)11-7-16(6-5-13)8-14-11/h7-10H,4-6,13H2,1-3H3,(H,15,17). The van der Waals surface area contributed by atoms with E-state index >= 15 is 0 Å². The summed E-state index contributed by atoms with van der Waals surface area (Å²) in [5.41, 5.74) is 5.89. The predicted molar refractivity (Wildman–Crippen MR) is 67.7 cm³/mol. The van der Waals surface area contributed by atoms with Crippen LogP contribution in [0.3, 0.4) is 0 Å². The number of nitrogens with two attached hydrogens (primary N) is 1. The SMILES string of the molecule is CCC(NC(=O)c1cn(CCN)cn1)C(C)C. The first kappa shape index (κ1) is 13.7. The van der Waals surface area contributed by atoms with Gasteiger partial charge in [0.2, 0.25) is 0 Å². The minimum atomic E-state index is -0.110. The third-order valence-corrected chi connectivity index (χ3v) is 2.81. The van der Waals surface area contributed by atoms with Crippen LogP contribution in [0.25, 0.3) is 0 Å². The molecule has 3 N–H and O–H groups in total. The maximum Gasteiger partial charge on any atom is 0.271 e. The zero-order valence-corrected chi connectivity index (χ0v) is 10.8. The Labute approximate surface area is 102 Å². The van der Waals surface area contributed by atoms with Crippen LogP contribution in [0.4, 0.5) is 0 Å². The molecule has 5 heteroatoms. The predicted octanol–water partition coefficient (Wildman–Crippen LogP) is 1.01. The molecule has 0 saturated heterocycles. The van der Waals surface area contributed by atoms with Crippen molar-refractivity contribution in [2.45, 2.75) is 39.8 Å². The topological polar surface area (TPSA) is 72.9 Å². The average molecular weight is 238 g/mol. The quantitative estimate of drug-likeness (QED) is 0.776. The zero-order valence-electron chi connectivity index (χ0n) is 10.8. The van der Waals surface area contributed by atoms with Crippen molar-refractivity contribution in [3.8, 4) is 0 Å². The number of imidazole rings is 1. The van der Waals surface area contributed by atoms with Crippen molar-refractivity contribution >= 4 is 5.91 Å². The second kappa shape index (κ2) is 6.39. The number of nitrogens with zero attached hydrogens (tertiary/aromatic N) is 2. The largest absolute Gasteiger partial charge is 0.348 e. The van der Waals surface area contributed by atoms with Crippen molar-refractivity contribution in [2.24, 2.45) is 11.7 Å². The van der Waals surface area contributed by atoms with E-state index in [2.05, 4.69) is 31.1 Å². The molecule has 1 aromatic rings. The fourth-order valence-corrected chi connectivity index (χ4v) is 1.73. The van der Waals surface area contributed by atoms with Gasteiger partial charge in [0.1, 0.15) is 5.69 Å². The van der Waals surface area contributed by atoms with Crippen molar-refractivity contribution < 1.29 is 4.79 Å². The van der Waals surface area contributed by atoms with Crippen molar-refractivity contribution in [3.63, 3.8) is 0 Å². The first-order valence-corrected chi connectivity index (χ1v) is 6.11. The number of carbonyl (C=O) groups excluding carboxylic acids is 1. The van der Waals surface area contributed by atoms with Gasteiger partial charge in [-0.05, 0) is 12.3 Å². The number of carbonyl (C=O) groups is 1. The fraction of sp³-hybridized carbons (Fsp3) is 0.667. The van der Waals surface area contributed by atoms with E-state index in [0.717, 1.165) is 6.42 Å². The zero-order chi connectivity index (χ0) is 12.8. The van der Waals surface area contributed by atoms with Crippen LogP contribution in [-0.2, 0) is 6.54 Å². The van der Waals surface area contributed by atoms with Crippen molar-refractivity contribution in [1.29, 1.82) is 0 Å². The number of rotatable bonds is 6. The van der Waals surface area contributed by atoms with Crippen LogP contribution in [0.5, 0.6) is 0 Å². The average Bonchev–Trinajstić information content (AvgIpc) is 2.74. The summed E-state index contributed by atoms with van der Waals surface area (Å²) in [4.78, 5) is 16.0. The summed E-state index contributed by atoms with van der Waals surface area (Å²) in [5, 5.41) is 2.99. The molecule has 0 aliphatic rings. The number of hydrogen-bond acceptors (Lipinski definition) is 3. The first-order valence-electron chi connectivity index (χ1n) is 6.11. The van der Waals surface area contributed by atoms with Gasteiger partial charge in [-0.25, -0.2) is 4.98 Å². The molecule has 0 fully saturated rings. The van der Waals surface area contributed by atoms with E-state index in [0.29, 0.717) is 24.7 Å². The smallest absolute Gasteiger partial charge is 0.271 e. The highest BCUT2D eigenvalue weighted by Gasteiger charge is 2.16. The molecule has 0 aliphatic carbocycles. The molecule has 0 aliphatic heterocycles. The van der Waals surface area contributed by atoms with E-state index in [1.165, 1.54) is 0 Å². The van der Waals surface area contributed by atoms with Gasteiger partial charge in [-0.15, -0.1) is 0 Å². The van der Waals surface area contributed by atoms with E-state index in [1.54, 1.807) is 12.5 Å². The molecule has 0 bridgehead atoms.